The van der Waals surface area contributed by atoms with Gasteiger partial charge in [-0.1, -0.05) is 48.0 Å². The van der Waals surface area contributed by atoms with Crippen LogP contribution in [0.5, 0.6) is 0 Å². The van der Waals surface area contributed by atoms with Gasteiger partial charge in [0.2, 0.25) is 11.8 Å². The van der Waals surface area contributed by atoms with E-state index in [1.807, 2.05) is 24.3 Å². The first-order valence-corrected chi connectivity index (χ1v) is 12.9. The van der Waals surface area contributed by atoms with Crippen LogP contribution in [0.25, 0.3) is 10.8 Å². The number of carbonyl (C=O) groups is 2. The maximum absolute atomic E-state index is 13.2. The number of nitrogens with one attached hydrogen (secondary N) is 1. The second-order valence-electron chi connectivity index (χ2n) is 8.25. The molecule has 3 aromatic carbocycles. The fourth-order valence-corrected chi connectivity index (χ4v) is 6.30. The Hall–Kier alpha value is -3.10. The van der Waals surface area contributed by atoms with E-state index in [2.05, 4.69) is 5.32 Å². The first-order valence-electron chi connectivity index (χ1n) is 11.0. The number of benzene rings is 3. The number of halogens is 1. The number of sulfonamides is 1. The van der Waals surface area contributed by atoms with Crippen molar-refractivity contribution in [3.05, 3.63) is 71.2 Å². The van der Waals surface area contributed by atoms with E-state index >= 15 is 0 Å². The van der Waals surface area contributed by atoms with E-state index in [4.69, 9.17) is 11.6 Å². The third kappa shape index (κ3) is 4.48. The molecule has 1 unspecified atom stereocenters. The van der Waals surface area contributed by atoms with Gasteiger partial charge < -0.3 is 10.2 Å². The summed E-state index contributed by atoms with van der Waals surface area (Å²) < 4.78 is 27.7. The predicted molar refractivity (Wildman–Crippen MR) is 133 cm³/mol. The molecule has 0 radical (unpaired) electrons. The molecule has 9 heteroatoms. The van der Waals surface area contributed by atoms with Crippen molar-refractivity contribution in [2.45, 2.75) is 37.2 Å². The van der Waals surface area contributed by atoms with Crippen LogP contribution >= 0.6 is 11.6 Å². The fourth-order valence-electron chi connectivity index (χ4n) is 4.34. The van der Waals surface area contributed by atoms with Crippen molar-refractivity contribution in [1.82, 2.24) is 10.2 Å². The average molecular weight is 500 g/mol. The number of nitrogens with zero attached hydrogens (tertiary/aromatic N) is 2. The number of likely N-dealkylation sites (N-methyl/N-ethyl adjacent to an activating group) is 1. The summed E-state index contributed by atoms with van der Waals surface area (Å²) in [7, 11) is -2.15. The molecule has 0 fully saturated rings. The Morgan fingerprint density at radius 1 is 1.09 bits per heavy atom. The minimum absolute atomic E-state index is 0.0975. The highest BCUT2D eigenvalue weighted by molar-refractivity contribution is 7.93. The molecule has 34 heavy (non-hydrogen) atoms. The van der Waals surface area contributed by atoms with Gasteiger partial charge in [0, 0.05) is 37.0 Å². The Morgan fingerprint density at radius 2 is 1.79 bits per heavy atom. The topological polar surface area (TPSA) is 86.8 Å². The first-order chi connectivity index (χ1) is 16.2. The van der Waals surface area contributed by atoms with Crippen LogP contribution in [0, 0.1) is 0 Å². The van der Waals surface area contributed by atoms with Gasteiger partial charge >= 0.3 is 0 Å². The maximum atomic E-state index is 13.2. The summed E-state index contributed by atoms with van der Waals surface area (Å²) in [6.07, 6.45) is 0.412. The molecular weight excluding hydrogens is 474 g/mol. The number of hydrogen-bond donors (Lipinski definition) is 1. The Morgan fingerprint density at radius 3 is 2.50 bits per heavy atom. The van der Waals surface area contributed by atoms with Crippen molar-refractivity contribution in [3.63, 3.8) is 0 Å². The summed E-state index contributed by atoms with van der Waals surface area (Å²) in [5.74, 6) is -0.511. The minimum Gasteiger partial charge on any atom is -0.357 e. The van der Waals surface area contributed by atoms with Gasteiger partial charge in [0.25, 0.3) is 10.0 Å². The molecule has 2 amide bonds. The van der Waals surface area contributed by atoms with Crippen molar-refractivity contribution < 1.29 is 18.0 Å². The van der Waals surface area contributed by atoms with Gasteiger partial charge in [-0.3, -0.25) is 13.9 Å². The Bertz CT molecular complexity index is 1350. The molecule has 4 rings (SSSR count). The quantitative estimate of drug-likeness (QED) is 0.508. The van der Waals surface area contributed by atoms with Crippen LogP contribution in [0.15, 0.2) is 65.6 Å². The highest BCUT2D eigenvalue weighted by Gasteiger charge is 2.35. The largest absolute Gasteiger partial charge is 0.357 e. The molecule has 7 nitrogen and oxygen atoms in total. The third-order valence-electron chi connectivity index (χ3n) is 6.09. The molecule has 1 aliphatic rings. The van der Waals surface area contributed by atoms with Crippen LogP contribution in [0.3, 0.4) is 0 Å². The minimum atomic E-state index is -3.67. The zero-order valence-corrected chi connectivity index (χ0v) is 20.6. The molecule has 1 N–H and O–H groups in total. The van der Waals surface area contributed by atoms with Crippen LogP contribution in [0.2, 0.25) is 5.02 Å². The van der Waals surface area contributed by atoms with E-state index in [0.717, 1.165) is 10.9 Å². The monoisotopic (exact) mass is 499 g/mol. The normalized spacial score (nSPS) is 14.7. The molecule has 0 bridgehead atoms. The molecule has 1 aliphatic heterocycles. The van der Waals surface area contributed by atoms with E-state index in [1.165, 1.54) is 16.3 Å². The van der Waals surface area contributed by atoms with E-state index in [1.54, 1.807) is 43.3 Å². The van der Waals surface area contributed by atoms with Gasteiger partial charge in [-0.25, -0.2) is 8.42 Å². The number of carbonyl (C=O) groups excluding carboxylic acids is 2. The molecule has 1 atom stereocenters. The molecule has 1 heterocycles. The van der Waals surface area contributed by atoms with Crippen molar-refractivity contribution in [2.75, 3.05) is 17.9 Å². The van der Waals surface area contributed by atoms with Crippen LogP contribution in [0.4, 0.5) is 5.69 Å². The predicted octanol–water partition coefficient (Wildman–Crippen LogP) is 3.95. The molecule has 178 valence electrons. The summed E-state index contributed by atoms with van der Waals surface area (Å²) in [6, 6.07) is 17.2. The molecule has 0 saturated carbocycles. The molecular formula is C25H26ClN3O4S. The van der Waals surface area contributed by atoms with Crippen LogP contribution in [-0.2, 0) is 26.2 Å². The van der Waals surface area contributed by atoms with E-state index in [9.17, 15) is 18.0 Å². The highest BCUT2D eigenvalue weighted by atomic mass is 35.5. The smallest absolute Gasteiger partial charge is 0.265 e. The zero-order valence-electron chi connectivity index (χ0n) is 19.0. The van der Waals surface area contributed by atoms with Crippen molar-refractivity contribution in [3.8, 4) is 0 Å². The number of anilines is 1. The molecule has 0 saturated heterocycles. The number of hydrogen-bond acceptors (Lipinski definition) is 4. The molecule has 0 aromatic heterocycles. The van der Waals surface area contributed by atoms with Crippen LogP contribution in [-0.4, -0.2) is 44.8 Å². The van der Waals surface area contributed by atoms with Crippen LogP contribution in [0.1, 0.15) is 25.3 Å². The van der Waals surface area contributed by atoms with Gasteiger partial charge in [0.1, 0.15) is 6.04 Å². The maximum Gasteiger partial charge on any atom is 0.265 e. The average Bonchev–Trinajstić information content (AvgIpc) is 3.04. The lowest BCUT2D eigenvalue weighted by Gasteiger charge is -2.29. The van der Waals surface area contributed by atoms with Crippen molar-refractivity contribution in [1.29, 1.82) is 0 Å². The standard InChI is InChI=1S/C25H26ClN3O4S/c1-17(25(31)27-2)28(16-18-7-3-10-20(26)15-18)23(30)13-6-14-29-21-11-4-8-19-9-5-12-22(24(19)21)34(29,32)33/h3-5,7-12,15,17H,6,13-14,16H2,1-2H3,(H,27,31). The summed E-state index contributed by atoms with van der Waals surface area (Å²) in [5, 5.41) is 4.71. The molecule has 0 spiro atoms. The van der Waals surface area contributed by atoms with E-state index < -0.39 is 16.1 Å². The van der Waals surface area contributed by atoms with Crippen molar-refractivity contribution in [2.24, 2.45) is 0 Å². The third-order valence-corrected chi connectivity index (χ3v) is 8.18. The summed E-state index contributed by atoms with van der Waals surface area (Å²) >= 11 is 6.09. The van der Waals surface area contributed by atoms with E-state index in [-0.39, 0.29) is 31.3 Å². The van der Waals surface area contributed by atoms with Gasteiger partial charge in [-0.05, 0) is 48.6 Å². The summed E-state index contributed by atoms with van der Waals surface area (Å²) in [5.41, 5.74) is 1.44. The second kappa shape index (κ2) is 9.64. The SMILES string of the molecule is CNC(=O)C(C)N(Cc1cccc(Cl)c1)C(=O)CCCN1c2cccc3cccc(c23)S1(=O)=O. The summed E-state index contributed by atoms with van der Waals surface area (Å²) in [4.78, 5) is 27.3. The second-order valence-corrected chi connectivity index (χ2v) is 10.5. The van der Waals surface area contributed by atoms with Crippen molar-refractivity contribution >= 4 is 49.9 Å². The van der Waals surface area contributed by atoms with Gasteiger partial charge in [-0.2, -0.15) is 0 Å². The Labute approximate surface area is 204 Å². The van der Waals surface area contributed by atoms with Gasteiger partial charge in [-0.15, -0.1) is 0 Å². The van der Waals surface area contributed by atoms with Gasteiger partial charge in [0.05, 0.1) is 10.6 Å². The lowest BCUT2D eigenvalue weighted by atomic mass is 10.1. The zero-order chi connectivity index (χ0) is 24.5. The lowest BCUT2D eigenvalue weighted by molar-refractivity contribution is -0.140. The Balaban J connectivity index is 1.50. The fraction of sp³-hybridized carbons (Fsp3) is 0.280. The molecule has 3 aromatic rings. The summed E-state index contributed by atoms with van der Waals surface area (Å²) in [6.45, 7) is 2.06. The number of rotatable bonds is 8. The lowest BCUT2D eigenvalue weighted by Crippen LogP contribution is -2.46. The van der Waals surface area contributed by atoms with Crippen LogP contribution < -0.4 is 9.62 Å². The highest BCUT2D eigenvalue weighted by Crippen LogP contribution is 2.42. The van der Waals surface area contributed by atoms with E-state index in [0.29, 0.717) is 27.4 Å². The molecule has 0 aliphatic carbocycles. The first kappa shape index (κ1) is 24.0. The van der Waals surface area contributed by atoms with Gasteiger partial charge in [0.15, 0.2) is 0 Å². The Kier molecular flexibility index (Phi) is 6.81. The number of amides is 2.